The first kappa shape index (κ1) is 14.3. The van der Waals surface area contributed by atoms with E-state index in [0.717, 1.165) is 0 Å². The Morgan fingerprint density at radius 1 is 1.22 bits per heavy atom. The van der Waals surface area contributed by atoms with Crippen LogP contribution in [0.4, 0.5) is 0 Å². The molecule has 1 N–H and O–H groups in total. The first-order chi connectivity index (χ1) is 8.27. The van der Waals surface area contributed by atoms with Crippen molar-refractivity contribution in [3.8, 4) is 0 Å². The fourth-order valence-electron chi connectivity index (χ4n) is 1.44. The number of Topliss-reactive ketones (excluding diaryl/α,β-unsaturated/α-hetero) is 2. The van der Waals surface area contributed by atoms with Gasteiger partial charge < -0.3 is 5.11 Å². The van der Waals surface area contributed by atoms with Crippen molar-refractivity contribution >= 4 is 17.9 Å². The first-order valence-corrected chi connectivity index (χ1v) is 5.59. The summed E-state index contributed by atoms with van der Waals surface area (Å²) in [6.07, 6.45) is -0.955. The van der Waals surface area contributed by atoms with Crippen LogP contribution in [-0.4, -0.2) is 29.1 Å². The van der Waals surface area contributed by atoms with Crippen molar-refractivity contribution in [2.75, 3.05) is 0 Å². The van der Waals surface area contributed by atoms with Gasteiger partial charge in [-0.3, -0.25) is 14.4 Å². The number of hydrogen-bond acceptors (Lipinski definition) is 4. The molecule has 1 aromatic rings. The molecular weight excluding hydrogens is 232 g/mol. The van der Waals surface area contributed by atoms with Crippen molar-refractivity contribution in [1.29, 1.82) is 0 Å². The van der Waals surface area contributed by atoms with Gasteiger partial charge in [-0.1, -0.05) is 39.0 Å². The third-order valence-corrected chi connectivity index (χ3v) is 2.61. The summed E-state index contributed by atoms with van der Waals surface area (Å²) >= 11 is 0. The minimum Gasteiger partial charge on any atom is -0.384 e. The van der Waals surface area contributed by atoms with Crippen molar-refractivity contribution < 1.29 is 19.5 Å². The minimum atomic E-state index is -1.15. The number of benzene rings is 1. The molecule has 0 aliphatic heterocycles. The van der Waals surface area contributed by atoms with E-state index >= 15 is 0 Å². The van der Waals surface area contributed by atoms with Crippen LogP contribution in [0.15, 0.2) is 24.3 Å². The maximum atomic E-state index is 12.0. The lowest BCUT2D eigenvalue weighted by atomic mass is 9.84. The predicted molar refractivity (Wildman–Crippen MR) is 66.6 cm³/mol. The van der Waals surface area contributed by atoms with Crippen molar-refractivity contribution in [3.63, 3.8) is 0 Å². The number of aliphatic hydroxyl groups is 1. The maximum Gasteiger partial charge on any atom is 0.225 e. The van der Waals surface area contributed by atoms with Crippen LogP contribution < -0.4 is 0 Å². The van der Waals surface area contributed by atoms with Crippen molar-refractivity contribution in [1.82, 2.24) is 0 Å². The van der Waals surface area contributed by atoms with Gasteiger partial charge in [-0.15, -0.1) is 0 Å². The summed E-state index contributed by atoms with van der Waals surface area (Å²) in [6, 6.07) is 5.81. The van der Waals surface area contributed by atoms with Gasteiger partial charge in [-0.05, 0) is 11.5 Å². The van der Waals surface area contributed by atoms with Crippen LogP contribution in [-0.2, 0) is 4.79 Å². The van der Waals surface area contributed by atoms with Crippen molar-refractivity contribution in [2.45, 2.75) is 26.9 Å². The third kappa shape index (κ3) is 3.11. The highest BCUT2D eigenvalue weighted by Gasteiger charge is 2.29. The molecule has 4 heteroatoms. The van der Waals surface area contributed by atoms with E-state index in [1.165, 1.54) is 24.3 Å². The average molecular weight is 248 g/mol. The van der Waals surface area contributed by atoms with Crippen molar-refractivity contribution in [3.05, 3.63) is 35.4 Å². The Bertz CT molecular complexity index is 483. The average Bonchev–Trinajstić information content (AvgIpc) is 2.35. The molecule has 0 saturated heterocycles. The van der Waals surface area contributed by atoms with Crippen LogP contribution in [0.25, 0.3) is 0 Å². The van der Waals surface area contributed by atoms with E-state index in [-0.39, 0.29) is 17.4 Å². The van der Waals surface area contributed by atoms with Gasteiger partial charge in [0.05, 0.1) is 0 Å². The number of aliphatic hydroxyl groups excluding tert-OH is 1. The number of carbonyl (C=O) groups is 3. The van der Waals surface area contributed by atoms with E-state index < -0.39 is 23.1 Å². The lowest BCUT2D eigenvalue weighted by Crippen LogP contribution is -2.34. The first-order valence-electron chi connectivity index (χ1n) is 5.59. The van der Waals surface area contributed by atoms with Crippen LogP contribution in [0.1, 0.15) is 41.5 Å². The molecule has 0 aliphatic carbocycles. The standard InChI is InChI=1S/C14H16O4/c1-14(2,3)13(18)12(17)10-6-4-5-9(7-10)11(16)8-15/h4-8,13,18H,1-3H3. The number of ketones is 2. The van der Waals surface area contributed by atoms with Gasteiger partial charge in [0.2, 0.25) is 5.78 Å². The largest absolute Gasteiger partial charge is 0.384 e. The Kier molecular flexibility index (Phi) is 4.14. The van der Waals surface area contributed by atoms with Gasteiger partial charge in [-0.25, -0.2) is 0 Å². The number of aldehydes is 1. The zero-order chi connectivity index (χ0) is 13.9. The van der Waals surface area contributed by atoms with E-state index in [0.29, 0.717) is 0 Å². The Balaban J connectivity index is 3.08. The second-order valence-corrected chi connectivity index (χ2v) is 5.20. The smallest absolute Gasteiger partial charge is 0.225 e. The van der Waals surface area contributed by atoms with Crippen LogP contribution in [0.3, 0.4) is 0 Å². The van der Waals surface area contributed by atoms with E-state index in [1.807, 2.05) is 0 Å². The van der Waals surface area contributed by atoms with Crippen LogP contribution in [0, 0.1) is 5.41 Å². The van der Waals surface area contributed by atoms with Crippen LogP contribution in [0.5, 0.6) is 0 Å². The van der Waals surface area contributed by atoms with Gasteiger partial charge in [0.1, 0.15) is 6.10 Å². The molecule has 0 aliphatic rings. The lowest BCUT2D eigenvalue weighted by molar-refractivity contribution is -0.104. The molecule has 0 saturated carbocycles. The summed E-state index contributed by atoms with van der Waals surface area (Å²) in [4.78, 5) is 33.6. The lowest BCUT2D eigenvalue weighted by Gasteiger charge is -2.24. The van der Waals surface area contributed by atoms with E-state index in [1.54, 1.807) is 20.8 Å². The van der Waals surface area contributed by atoms with E-state index in [4.69, 9.17) is 0 Å². The number of carbonyl (C=O) groups excluding carboxylic acids is 3. The molecule has 1 aromatic carbocycles. The van der Waals surface area contributed by atoms with E-state index in [9.17, 15) is 19.5 Å². The van der Waals surface area contributed by atoms with Gasteiger partial charge in [0.25, 0.3) is 0 Å². The normalized spacial score (nSPS) is 12.9. The molecule has 0 radical (unpaired) electrons. The summed E-state index contributed by atoms with van der Waals surface area (Å²) in [5.41, 5.74) is -0.205. The fraction of sp³-hybridized carbons (Fsp3) is 0.357. The molecule has 0 fully saturated rings. The number of rotatable bonds is 4. The molecule has 1 unspecified atom stereocenters. The van der Waals surface area contributed by atoms with Crippen LogP contribution in [0.2, 0.25) is 0 Å². The quantitative estimate of drug-likeness (QED) is 0.499. The molecule has 0 aromatic heterocycles. The highest BCUT2D eigenvalue weighted by Crippen LogP contribution is 2.22. The summed E-state index contributed by atoms with van der Waals surface area (Å²) in [7, 11) is 0. The zero-order valence-electron chi connectivity index (χ0n) is 10.6. The van der Waals surface area contributed by atoms with Crippen LogP contribution >= 0.6 is 0 Å². The topological polar surface area (TPSA) is 71.4 Å². The molecular formula is C14H16O4. The molecule has 1 rings (SSSR count). The molecule has 4 nitrogen and oxygen atoms in total. The van der Waals surface area contributed by atoms with Gasteiger partial charge in [0, 0.05) is 11.1 Å². The van der Waals surface area contributed by atoms with E-state index in [2.05, 4.69) is 0 Å². The molecule has 1 atom stereocenters. The summed E-state index contributed by atoms with van der Waals surface area (Å²) in [5, 5.41) is 9.89. The minimum absolute atomic E-state index is 0.150. The second-order valence-electron chi connectivity index (χ2n) is 5.20. The second kappa shape index (κ2) is 5.23. The molecule has 0 bridgehead atoms. The molecule has 18 heavy (non-hydrogen) atoms. The van der Waals surface area contributed by atoms with Gasteiger partial charge in [0.15, 0.2) is 12.1 Å². The third-order valence-electron chi connectivity index (χ3n) is 2.61. The molecule has 0 heterocycles. The monoisotopic (exact) mass is 248 g/mol. The SMILES string of the molecule is CC(C)(C)C(O)C(=O)c1cccc(C(=O)C=O)c1. The highest BCUT2D eigenvalue weighted by atomic mass is 16.3. The summed E-state index contributed by atoms with van der Waals surface area (Å²) < 4.78 is 0. The summed E-state index contributed by atoms with van der Waals surface area (Å²) in [6.45, 7) is 5.24. The van der Waals surface area contributed by atoms with Gasteiger partial charge in [-0.2, -0.15) is 0 Å². The van der Waals surface area contributed by atoms with Crippen molar-refractivity contribution in [2.24, 2.45) is 5.41 Å². The van der Waals surface area contributed by atoms with Gasteiger partial charge >= 0.3 is 0 Å². The highest BCUT2D eigenvalue weighted by molar-refractivity contribution is 6.33. The summed E-state index contributed by atoms with van der Waals surface area (Å²) in [5.74, 6) is -1.14. The molecule has 96 valence electrons. The maximum absolute atomic E-state index is 12.0. The molecule has 0 spiro atoms. The predicted octanol–water partition coefficient (Wildman–Crippen LogP) is 1.66. The zero-order valence-corrected chi connectivity index (χ0v) is 10.6. The Hall–Kier alpha value is -1.81. The Labute approximate surface area is 106 Å². The fourth-order valence-corrected chi connectivity index (χ4v) is 1.44. The Morgan fingerprint density at radius 2 is 1.78 bits per heavy atom. The number of hydrogen-bond donors (Lipinski definition) is 1. The molecule has 0 amide bonds. The Morgan fingerprint density at radius 3 is 2.28 bits per heavy atom.